The topological polar surface area (TPSA) is 24.8 Å². The SMILES string of the molecule is Cc1ccccc1[C@@H]1Oc2ccccc2[C@H]2CC(c3ccc(F)cc3)=NN21. The first-order valence-corrected chi connectivity index (χ1v) is 9.13. The lowest BCUT2D eigenvalue weighted by Crippen LogP contribution is -2.34. The van der Waals surface area contributed by atoms with E-state index in [1.807, 2.05) is 30.3 Å². The molecule has 0 saturated carbocycles. The van der Waals surface area contributed by atoms with Crippen molar-refractivity contribution in [2.24, 2.45) is 5.10 Å². The fourth-order valence-corrected chi connectivity index (χ4v) is 3.92. The van der Waals surface area contributed by atoms with E-state index in [1.54, 1.807) is 12.1 Å². The van der Waals surface area contributed by atoms with Crippen LogP contribution in [-0.4, -0.2) is 10.7 Å². The zero-order chi connectivity index (χ0) is 18.4. The van der Waals surface area contributed by atoms with Crippen molar-refractivity contribution in [2.45, 2.75) is 25.6 Å². The van der Waals surface area contributed by atoms with Gasteiger partial charge in [0, 0.05) is 17.5 Å². The van der Waals surface area contributed by atoms with Crippen molar-refractivity contribution in [3.63, 3.8) is 0 Å². The molecule has 0 fully saturated rings. The van der Waals surface area contributed by atoms with Gasteiger partial charge in [-0.2, -0.15) is 5.10 Å². The van der Waals surface area contributed by atoms with Crippen LogP contribution in [0.15, 0.2) is 77.9 Å². The van der Waals surface area contributed by atoms with Crippen molar-refractivity contribution >= 4 is 5.71 Å². The molecule has 3 aromatic rings. The van der Waals surface area contributed by atoms with Crippen LogP contribution < -0.4 is 4.74 Å². The molecule has 0 saturated heterocycles. The predicted molar refractivity (Wildman–Crippen MR) is 103 cm³/mol. The molecule has 134 valence electrons. The van der Waals surface area contributed by atoms with E-state index in [0.29, 0.717) is 0 Å². The Kier molecular flexibility index (Phi) is 3.71. The molecular weight excluding hydrogens is 339 g/mol. The first kappa shape index (κ1) is 16.1. The van der Waals surface area contributed by atoms with E-state index >= 15 is 0 Å². The van der Waals surface area contributed by atoms with Gasteiger partial charge in [-0.15, -0.1) is 0 Å². The van der Waals surface area contributed by atoms with Crippen LogP contribution in [0.4, 0.5) is 4.39 Å². The van der Waals surface area contributed by atoms with E-state index in [2.05, 4.69) is 30.1 Å². The lowest BCUT2D eigenvalue weighted by molar-refractivity contribution is -0.0194. The van der Waals surface area contributed by atoms with Gasteiger partial charge in [0.25, 0.3) is 0 Å². The highest BCUT2D eigenvalue weighted by atomic mass is 19.1. The van der Waals surface area contributed by atoms with Crippen LogP contribution in [0.1, 0.15) is 40.9 Å². The van der Waals surface area contributed by atoms with E-state index in [4.69, 9.17) is 9.84 Å². The highest BCUT2D eigenvalue weighted by Crippen LogP contribution is 2.47. The van der Waals surface area contributed by atoms with Crippen molar-refractivity contribution < 1.29 is 9.13 Å². The van der Waals surface area contributed by atoms with Gasteiger partial charge in [0.15, 0.2) is 0 Å². The first-order chi connectivity index (χ1) is 13.2. The molecule has 5 rings (SSSR count). The van der Waals surface area contributed by atoms with E-state index in [9.17, 15) is 4.39 Å². The number of rotatable bonds is 2. The molecule has 3 nitrogen and oxygen atoms in total. The summed E-state index contributed by atoms with van der Waals surface area (Å²) < 4.78 is 19.7. The molecule has 2 heterocycles. The van der Waals surface area contributed by atoms with Gasteiger partial charge in [0.2, 0.25) is 6.23 Å². The molecule has 2 aliphatic rings. The van der Waals surface area contributed by atoms with Crippen LogP contribution in [0.25, 0.3) is 0 Å². The number of ether oxygens (including phenoxy) is 1. The Hall–Kier alpha value is -3.14. The lowest BCUT2D eigenvalue weighted by Gasteiger charge is -2.38. The molecule has 27 heavy (non-hydrogen) atoms. The number of aryl methyl sites for hydroxylation is 1. The normalized spacial score (nSPS) is 20.5. The Bertz CT molecular complexity index is 1030. The molecule has 0 unspecified atom stereocenters. The third-order valence-electron chi connectivity index (χ3n) is 5.33. The predicted octanol–water partition coefficient (Wildman–Crippen LogP) is 5.38. The molecule has 0 N–H and O–H groups in total. The number of para-hydroxylation sites is 1. The number of benzene rings is 3. The lowest BCUT2D eigenvalue weighted by atomic mass is 9.95. The van der Waals surface area contributed by atoms with Gasteiger partial charge < -0.3 is 4.74 Å². The summed E-state index contributed by atoms with van der Waals surface area (Å²) in [5.41, 5.74) is 5.33. The maximum absolute atomic E-state index is 13.3. The van der Waals surface area contributed by atoms with Gasteiger partial charge in [-0.05, 0) is 36.2 Å². The van der Waals surface area contributed by atoms with Gasteiger partial charge in [0.1, 0.15) is 11.6 Å². The molecule has 0 aromatic heterocycles. The molecule has 0 spiro atoms. The number of halogens is 1. The van der Waals surface area contributed by atoms with Crippen LogP contribution >= 0.6 is 0 Å². The van der Waals surface area contributed by atoms with Gasteiger partial charge in [-0.3, -0.25) is 0 Å². The average molecular weight is 358 g/mol. The summed E-state index contributed by atoms with van der Waals surface area (Å²) in [6.07, 6.45) is 0.498. The summed E-state index contributed by atoms with van der Waals surface area (Å²) >= 11 is 0. The minimum absolute atomic E-state index is 0.111. The summed E-state index contributed by atoms with van der Waals surface area (Å²) in [5, 5.41) is 6.97. The number of fused-ring (bicyclic) bond motifs is 3. The van der Waals surface area contributed by atoms with Crippen LogP contribution in [0.5, 0.6) is 5.75 Å². The summed E-state index contributed by atoms with van der Waals surface area (Å²) in [5.74, 6) is 0.670. The van der Waals surface area contributed by atoms with Crippen molar-refractivity contribution in [2.75, 3.05) is 0 Å². The Labute approximate surface area is 157 Å². The highest BCUT2D eigenvalue weighted by molar-refractivity contribution is 6.01. The van der Waals surface area contributed by atoms with Crippen molar-refractivity contribution in [1.82, 2.24) is 5.01 Å². The fourth-order valence-electron chi connectivity index (χ4n) is 3.92. The molecule has 3 aromatic carbocycles. The average Bonchev–Trinajstić information content (AvgIpc) is 3.14. The second-order valence-electron chi connectivity index (χ2n) is 7.02. The number of hydrogen-bond donors (Lipinski definition) is 0. The third-order valence-corrected chi connectivity index (χ3v) is 5.33. The van der Waals surface area contributed by atoms with Gasteiger partial charge in [-0.1, -0.05) is 54.6 Å². The van der Waals surface area contributed by atoms with Gasteiger partial charge in [0.05, 0.1) is 11.8 Å². The molecule has 0 bridgehead atoms. The Balaban J connectivity index is 1.61. The Morgan fingerprint density at radius 1 is 0.926 bits per heavy atom. The quantitative estimate of drug-likeness (QED) is 0.615. The number of nitrogens with zero attached hydrogens (tertiary/aromatic N) is 2. The van der Waals surface area contributed by atoms with E-state index in [-0.39, 0.29) is 18.1 Å². The van der Waals surface area contributed by atoms with Crippen LogP contribution in [-0.2, 0) is 0 Å². The summed E-state index contributed by atoms with van der Waals surface area (Å²) in [4.78, 5) is 0. The standard InChI is InChI=1S/C23H19FN2O/c1-15-6-2-3-7-18(15)23-26-21(19-8-4-5-9-22(19)27-23)14-20(25-26)16-10-12-17(24)13-11-16/h2-13,21,23H,14H2,1H3/t21-,23+/m1/s1. The van der Waals surface area contributed by atoms with E-state index in [1.165, 1.54) is 17.7 Å². The minimum atomic E-state index is -0.274. The van der Waals surface area contributed by atoms with Crippen LogP contribution in [0.2, 0.25) is 0 Å². The molecule has 0 aliphatic carbocycles. The molecule has 4 heteroatoms. The third kappa shape index (κ3) is 2.69. The smallest absolute Gasteiger partial charge is 0.214 e. The monoisotopic (exact) mass is 358 g/mol. The second kappa shape index (κ2) is 6.23. The number of hydrogen-bond acceptors (Lipinski definition) is 3. The summed E-state index contributed by atoms with van der Waals surface area (Å²) in [6.45, 7) is 2.09. The first-order valence-electron chi connectivity index (χ1n) is 9.13. The highest BCUT2D eigenvalue weighted by Gasteiger charge is 2.41. The van der Waals surface area contributed by atoms with Gasteiger partial charge in [-0.25, -0.2) is 9.40 Å². The summed E-state index contributed by atoms with van der Waals surface area (Å²) in [7, 11) is 0. The summed E-state index contributed by atoms with van der Waals surface area (Å²) in [6, 6.07) is 23.1. The maximum Gasteiger partial charge on any atom is 0.214 e. The Morgan fingerprint density at radius 3 is 2.41 bits per heavy atom. The van der Waals surface area contributed by atoms with Crippen molar-refractivity contribution in [3.8, 4) is 5.75 Å². The number of hydrazone groups is 1. The minimum Gasteiger partial charge on any atom is -0.464 e. The molecular formula is C23H19FN2O. The second-order valence-corrected chi connectivity index (χ2v) is 7.02. The fraction of sp³-hybridized carbons (Fsp3) is 0.174. The van der Waals surface area contributed by atoms with Crippen molar-refractivity contribution in [3.05, 3.63) is 101 Å². The van der Waals surface area contributed by atoms with E-state index in [0.717, 1.165) is 34.6 Å². The molecule has 2 atom stereocenters. The zero-order valence-electron chi connectivity index (χ0n) is 15.0. The zero-order valence-corrected chi connectivity index (χ0v) is 15.0. The molecule has 0 amide bonds. The Morgan fingerprint density at radius 2 is 1.63 bits per heavy atom. The van der Waals surface area contributed by atoms with E-state index < -0.39 is 0 Å². The maximum atomic E-state index is 13.3. The van der Waals surface area contributed by atoms with Gasteiger partial charge >= 0.3 is 0 Å². The van der Waals surface area contributed by atoms with Crippen LogP contribution in [0, 0.1) is 12.7 Å². The van der Waals surface area contributed by atoms with Crippen molar-refractivity contribution in [1.29, 1.82) is 0 Å². The largest absolute Gasteiger partial charge is 0.464 e. The van der Waals surface area contributed by atoms with Crippen LogP contribution in [0.3, 0.4) is 0 Å². The molecule has 2 aliphatic heterocycles. The molecule has 0 radical (unpaired) electrons.